The number of carbonyl (C=O) groups is 1. The number of ether oxygens (including phenoxy) is 2. The maximum Gasteiger partial charge on any atom is 0.287 e. The Hall–Kier alpha value is -1.35. The van der Waals surface area contributed by atoms with Crippen molar-refractivity contribution in [1.82, 2.24) is 9.78 Å². The maximum atomic E-state index is 11.8. The van der Waals surface area contributed by atoms with Crippen LogP contribution in [-0.4, -0.2) is 34.6 Å². The van der Waals surface area contributed by atoms with Crippen LogP contribution in [0.2, 0.25) is 0 Å². The number of rotatable bonds is 2. The predicted molar refractivity (Wildman–Crippen MR) is 71.9 cm³/mol. The summed E-state index contributed by atoms with van der Waals surface area (Å²) in [4.78, 5) is 13.0. The zero-order valence-corrected chi connectivity index (χ0v) is 11.9. The fourth-order valence-corrected chi connectivity index (χ4v) is 3.37. The zero-order chi connectivity index (χ0) is 13.7. The van der Waals surface area contributed by atoms with Gasteiger partial charge in [-0.25, -0.2) is 4.68 Å². The van der Waals surface area contributed by atoms with Gasteiger partial charge in [0, 0.05) is 6.42 Å². The number of hydrogen-bond donors (Lipinski definition) is 0. The first-order chi connectivity index (χ1) is 9.72. The normalized spacial score (nSPS) is 29.0. The van der Waals surface area contributed by atoms with Crippen molar-refractivity contribution in [3.05, 3.63) is 22.4 Å². The molecule has 0 saturated carbocycles. The molecule has 2 aromatic rings. The van der Waals surface area contributed by atoms with E-state index in [2.05, 4.69) is 5.10 Å². The molecule has 4 heterocycles. The molecule has 0 spiro atoms. The SMILES string of the molecule is O=C1C[C@H](n2nc(-c3cccs3)oc2=S)[C@@H]2CO[C@@H]1O2. The Morgan fingerprint density at radius 2 is 2.40 bits per heavy atom. The highest BCUT2D eigenvalue weighted by atomic mass is 32.1. The van der Waals surface area contributed by atoms with Gasteiger partial charge >= 0.3 is 0 Å². The van der Waals surface area contributed by atoms with E-state index in [-0.39, 0.29) is 22.8 Å². The highest BCUT2D eigenvalue weighted by Crippen LogP contribution is 2.34. The highest BCUT2D eigenvalue weighted by molar-refractivity contribution is 7.71. The van der Waals surface area contributed by atoms with E-state index in [9.17, 15) is 4.79 Å². The third-order valence-electron chi connectivity index (χ3n) is 3.43. The Balaban J connectivity index is 1.72. The standard InChI is InChI=1S/C12H10N2O4S2/c15-7-4-6(8-5-16-11(7)17-8)14-12(19)18-10(13-14)9-2-1-3-20-9/h1-3,6,8,11H,4-5H2/t6-,8-,11+/m0/s1. The molecule has 0 unspecified atom stereocenters. The molecule has 4 rings (SSSR count). The summed E-state index contributed by atoms with van der Waals surface area (Å²) in [6, 6.07) is 3.57. The van der Waals surface area contributed by atoms with Gasteiger partial charge in [-0.05, 0) is 23.7 Å². The first kappa shape index (κ1) is 12.4. The summed E-state index contributed by atoms with van der Waals surface area (Å²) >= 11 is 6.73. The topological polar surface area (TPSA) is 66.5 Å². The molecule has 0 amide bonds. The van der Waals surface area contributed by atoms with Crippen molar-refractivity contribution >= 4 is 29.3 Å². The molecular weight excluding hydrogens is 300 g/mol. The van der Waals surface area contributed by atoms with E-state index in [1.54, 1.807) is 4.68 Å². The summed E-state index contributed by atoms with van der Waals surface area (Å²) in [5.41, 5.74) is 0. The molecule has 104 valence electrons. The minimum absolute atomic E-state index is 0.0775. The minimum Gasteiger partial charge on any atom is -0.408 e. The number of thiophene rings is 1. The number of aromatic nitrogens is 2. The maximum absolute atomic E-state index is 11.8. The van der Waals surface area contributed by atoms with E-state index in [1.165, 1.54) is 11.3 Å². The van der Waals surface area contributed by atoms with E-state index in [0.29, 0.717) is 18.9 Å². The molecule has 2 fully saturated rings. The van der Waals surface area contributed by atoms with Gasteiger partial charge in [0.05, 0.1) is 17.5 Å². The predicted octanol–water partition coefficient (Wildman–Crippen LogP) is 2.19. The number of ketones is 1. The van der Waals surface area contributed by atoms with Gasteiger partial charge in [0.15, 0.2) is 5.78 Å². The lowest BCUT2D eigenvalue weighted by molar-refractivity contribution is -0.156. The number of fused-ring (bicyclic) bond motifs is 2. The van der Waals surface area contributed by atoms with Gasteiger partial charge in [0.1, 0.15) is 6.10 Å². The van der Waals surface area contributed by atoms with Crippen molar-refractivity contribution in [3.8, 4) is 10.8 Å². The fourth-order valence-electron chi connectivity index (χ4n) is 2.47. The Kier molecular flexibility index (Phi) is 2.84. The van der Waals surface area contributed by atoms with Gasteiger partial charge in [-0.1, -0.05) is 6.07 Å². The first-order valence-corrected chi connectivity index (χ1v) is 7.44. The zero-order valence-electron chi connectivity index (χ0n) is 10.2. The van der Waals surface area contributed by atoms with E-state index < -0.39 is 6.29 Å². The van der Waals surface area contributed by atoms with Crippen LogP contribution in [0.1, 0.15) is 12.5 Å². The van der Waals surface area contributed by atoms with Gasteiger partial charge in [-0.15, -0.1) is 16.4 Å². The number of carbonyl (C=O) groups excluding carboxylic acids is 1. The lowest BCUT2D eigenvalue weighted by atomic mass is 10.0. The smallest absolute Gasteiger partial charge is 0.287 e. The summed E-state index contributed by atoms with van der Waals surface area (Å²) in [7, 11) is 0. The van der Waals surface area contributed by atoms with Gasteiger partial charge in [-0.3, -0.25) is 4.79 Å². The van der Waals surface area contributed by atoms with E-state index in [1.807, 2.05) is 17.5 Å². The van der Waals surface area contributed by atoms with Gasteiger partial charge < -0.3 is 13.9 Å². The van der Waals surface area contributed by atoms with Crippen LogP contribution in [0.5, 0.6) is 0 Å². The molecule has 2 saturated heterocycles. The highest BCUT2D eigenvalue weighted by Gasteiger charge is 2.45. The molecule has 0 aromatic carbocycles. The van der Waals surface area contributed by atoms with Gasteiger partial charge in [-0.2, -0.15) is 0 Å². The molecular formula is C12H10N2O4S2. The van der Waals surface area contributed by atoms with Crippen LogP contribution in [0.3, 0.4) is 0 Å². The molecule has 2 bridgehead atoms. The van der Waals surface area contributed by atoms with Crippen LogP contribution in [0.4, 0.5) is 0 Å². The Morgan fingerprint density at radius 1 is 1.50 bits per heavy atom. The minimum atomic E-state index is -0.714. The van der Waals surface area contributed by atoms with Crippen LogP contribution in [-0.2, 0) is 14.3 Å². The summed E-state index contributed by atoms with van der Waals surface area (Å²) in [6.45, 7) is 0.379. The average molecular weight is 310 g/mol. The molecule has 20 heavy (non-hydrogen) atoms. The Bertz CT molecular complexity index is 705. The van der Waals surface area contributed by atoms with Crippen molar-refractivity contribution in [2.45, 2.75) is 24.9 Å². The van der Waals surface area contributed by atoms with Crippen molar-refractivity contribution in [2.24, 2.45) is 0 Å². The molecule has 0 aliphatic carbocycles. The summed E-state index contributed by atoms with van der Waals surface area (Å²) in [6.07, 6.45) is -0.611. The largest absolute Gasteiger partial charge is 0.408 e. The van der Waals surface area contributed by atoms with Crippen molar-refractivity contribution < 1.29 is 18.7 Å². The lowest BCUT2D eigenvalue weighted by Gasteiger charge is -2.25. The first-order valence-electron chi connectivity index (χ1n) is 6.15. The summed E-state index contributed by atoms with van der Waals surface area (Å²) in [5, 5.41) is 6.34. The van der Waals surface area contributed by atoms with E-state index in [4.69, 9.17) is 26.1 Å². The third-order valence-corrected chi connectivity index (χ3v) is 4.56. The molecule has 8 heteroatoms. The van der Waals surface area contributed by atoms with Crippen molar-refractivity contribution in [3.63, 3.8) is 0 Å². The van der Waals surface area contributed by atoms with Gasteiger partial charge in [0.2, 0.25) is 6.29 Å². The molecule has 2 aromatic heterocycles. The van der Waals surface area contributed by atoms with Crippen LogP contribution in [0.15, 0.2) is 21.9 Å². The molecule has 3 atom stereocenters. The Labute approximate surface area is 122 Å². The molecule has 6 nitrogen and oxygen atoms in total. The quantitative estimate of drug-likeness (QED) is 0.792. The van der Waals surface area contributed by atoms with E-state index in [0.717, 1.165) is 4.88 Å². The van der Waals surface area contributed by atoms with Gasteiger partial charge in [0.25, 0.3) is 10.7 Å². The Morgan fingerprint density at radius 3 is 3.20 bits per heavy atom. The number of Topliss-reactive ketones (excluding diaryl/α,β-unsaturated/α-hetero) is 1. The van der Waals surface area contributed by atoms with Crippen LogP contribution in [0.25, 0.3) is 10.8 Å². The lowest BCUT2D eigenvalue weighted by Crippen LogP contribution is -2.37. The molecule has 0 radical (unpaired) electrons. The second-order valence-electron chi connectivity index (χ2n) is 4.67. The van der Waals surface area contributed by atoms with Crippen molar-refractivity contribution in [1.29, 1.82) is 0 Å². The molecule has 2 aliphatic rings. The van der Waals surface area contributed by atoms with Crippen LogP contribution < -0.4 is 0 Å². The van der Waals surface area contributed by atoms with Crippen LogP contribution in [0, 0.1) is 4.84 Å². The second kappa shape index (κ2) is 4.59. The van der Waals surface area contributed by atoms with E-state index >= 15 is 0 Å². The third kappa shape index (κ3) is 1.87. The van der Waals surface area contributed by atoms with Crippen LogP contribution >= 0.6 is 23.6 Å². The number of nitrogens with zero attached hydrogens (tertiary/aromatic N) is 2. The number of hydrogen-bond acceptors (Lipinski definition) is 7. The molecule has 2 aliphatic heterocycles. The average Bonchev–Trinajstić information content (AvgIpc) is 3.15. The fraction of sp³-hybridized carbons (Fsp3) is 0.417. The molecule has 0 N–H and O–H groups in total. The monoisotopic (exact) mass is 310 g/mol. The second-order valence-corrected chi connectivity index (χ2v) is 5.97. The van der Waals surface area contributed by atoms with Crippen molar-refractivity contribution in [2.75, 3.05) is 6.61 Å². The summed E-state index contributed by atoms with van der Waals surface area (Å²) < 4.78 is 17.9. The summed E-state index contributed by atoms with van der Waals surface area (Å²) in [5.74, 6) is 0.393.